The summed E-state index contributed by atoms with van der Waals surface area (Å²) in [6.07, 6.45) is 0. The Bertz CT molecular complexity index is 702. The molecule has 0 aliphatic carbocycles. The molecule has 8 heteroatoms. The standard InChI is InChI=1S/C11H7ClF2N2O2S/c12-9-5-2-6-10(15-9)16-19(17,18)11-7(13)3-1-4-8(11)14/h1-6H,(H,15,16). The van der Waals surface area contributed by atoms with Crippen molar-refractivity contribution in [2.75, 3.05) is 4.72 Å². The zero-order chi connectivity index (χ0) is 14.0. The number of anilines is 1. The molecule has 0 saturated carbocycles. The number of halogens is 3. The van der Waals surface area contributed by atoms with Gasteiger partial charge < -0.3 is 0 Å². The Morgan fingerprint density at radius 2 is 1.63 bits per heavy atom. The molecule has 0 unspecified atom stereocenters. The summed E-state index contributed by atoms with van der Waals surface area (Å²) in [6.45, 7) is 0. The molecule has 100 valence electrons. The van der Waals surface area contributed by atoms with Gasteiger partial charge in [-0.1, -0.05) is 23.7 Å². The first-order valence-corrected chi connectivity index (χ1v) is 6.85. The van der Waals surface area contributed by atoms with Crippen LogP contribution in [0.25, 0.3) is 0 Å². The Hall–Kier alpha value is -1.73. The lowest BCUT2D eigenvalue weighted by Crippen LogP contribution is -2.17. The van der Waals surface area contributed by atoms with E-state index >= 15 is 0 Å². The molecule has 0 aliphatic heterocycles. The van der Waals surface area contributed by atoms with E-state index < -0.39 is 26.6 Å². The first-order valence-electron chi connectivity index (χ1n) is 4.99. The topological polar surface area (TPSA) is 59.1 Å². The Morgan fingerprint density at radius 3 is 2.21 bits per heavy atom. The van der Waals surface area contributed by atoms with Crippen LogP contribution in [0.4, 0.5) is 14.6 Å². The summed E-state index contributed by atoms with van der Waals surface area (Å²) < 4.78 is 52.6. The number of benzene rings is 1. The Morgan fingerprint density at radius 1 is 1.05 bits per heavy atom. The third-order valence-corrected chi connectivity index (χ3v) is 3.76. The molecule has 0 bridgehead atoms. The first-order chi connectivity index (χ1) is 8.90. The molecule has 0 spiro atoms. The van der Waals surface area contributed by atoms with E-state index in [9.17, 15) is 17.2 Å². The number of hydrogen-bond acceptors (Lipinski definition) is 3. The summed E-state index contributed by atoms with van der Waals surface area (Å²) in [6, 6.07) is 6.96. The smallest absolute Gasteiger partial charge is 0.263 e. The van der Waals surface area contributed by atoms with Gasteiger partial charge in [0.2, 0.25) is 0 Å². The van der Waals surface area contributed by atoms with Crippen LogP contribution in [-0.4, -0.2) is 13.4 Å². The lowest BCUT2D eigenvalue weighted by atomic mass is 10.3. The maximum absolute atomic E-state index is 13.4. The van der Waals surface area contributed by atoms with Crippen LogP contribution >= 0.6 is 11.6 Å². The van der Waals surface area contributed by atoms with Gasteiger partial charge in [0.15, 0.2) is 4.90 Å². The van der Waals surface area contributed by atoms with Crippen LogP contribution in [0.2, 0.25) is 5.15 Å². The second-order valence-electron chi connectivity index (χ2n) is 3.50. The highest BCUT2D eigenvalue weighted by Gasteiger charge is 2.24. The molecule has 0 amide bonds. The molecular formula is C11H7ClF2N2O2S. The minimum Gasteiger partial charge on any atom is -0.263 e. The van der Waals surface area contributed by atoms with Crippen LogP contribution in [0.15, 0.2) is 41.3 Å². The van der Waals surface area contributed by atoms with Gasteiger partial charge in [-0.15, -0.1) is 0 Å². The van der Waals surface area contributed by atoms with Crippen LogP contribution in [0.5, 0.6) is 0 Å². The highest BCUT2D eigenvalue weighted by atomic mass is 35.5. The van der Waals surface area contributed by atoms with Gasteiger partial charge in [-0.3, -0.25) is 4.72 Å². The van der Waals surface area contributed by atoms with E-state index in [1.54, 1.807) is 0 Å². The molecule has 2 aromatic rings. The predicted molar refractivity (Wildman–Crippen MR) is 66.4 cm³/mol. The van der Waals surface area contributed by atoms with Crippen molar-refractivity contribution in [2.45, 2.75) is 4.90 Å². The van der Waals surface area contributed by atoms with Gasteiger partial charge in [0.1, 0.15) is 22.6 Å². The van der Waals surface area contributed by atoms with Crippen LogP contribution in [0.1, 0.15) is 0 Å². The van der Waals surface area contributed by atoms with Gasteiger partial charge >= 0.3 is 0 Å². The Labute approximate surface area is 113 Å². The molecule has 0 aliphatic rings. The summed E-state index contributed by atoms with van der Waals surface area (Å²) in [5.41, 5.74) is 0. The average molecular weight is 305 g/mol. The maximum Gasteiger partial charge on any atom is 0.268 e. The monoisotopic (exact) mass is 304 g/mol. The third kappa shape index (κ3) is 2.99. The quantitative estimate of drug-likeness (QED) is 0.887. The number of aromatic nitrogens is 1. The molecule has 0 atom stereocenters. The summed E-state index contributed by atoms with van der Waals surface area (Å²) in [4.78, 5) is 2.61. The van der Waals surface area contributed by atoms with E-state index in [1.165, 1.54) is 18.2 Å². The second kappa shape index (κ2) is 5.10. The van der Waals surface area contributed by atoms with Crippen molar-refractivity contribution in [2.24, 2.45) is 0 Å². The number of pyridine rings is 1. The molecule has 4 nitrogen and oxygen atoms in total. The van der Waals surface area contributed by atoms with Crippen molar-refractivity contribution >= 4 is 27.4 Å². The summed E-state index contributed by atoms with van der Waals surface area (Å²) in [5.74, 6) is -2.50. The van der Waals surface area contributed by atoms with Gasteiger partial charge in [-0.05, 0) is 24.3 Å². The molecule has 2 rings (SSSR count). The van der Waals surface area contributed by atoms with Crippen molar-refractivity contribution in [1.82, 2.24) is 4.98 Å². The first kappa shape index (κ1) is 13.7. The number of sulfonamides is 1. The minimum atomic E-state index is -4.41. The van der Waals surface area contributed by atoms with Crippen molar-refractivity contribution in [3.8, 4) is 0 Å². The van der Waals surface area contributed by atoms with Crippen molar-refractivity contribution < 1.29 is 17.2 Å². The van der Waals surface area contributed by atoms with Gasteiger partial charge in [0.25, 0.3) is 10.0 Å². The van der Waals surface area contributed by atoms with Crippen molar-refractivity contribution in [3.63, 3.8) is 0 Å². The summed E-state index contributed by atoms with van der Waals surface area (Å²) in [5, 5.41) is 0.0502. The zero-order valence-corrected chi connectivity index (χ0v) is 10.8. The van der Waals surface area contributed by atoms with Crippen LogP contribution in [-0.2, 0) is 10.0 Å². The van der Waals surface area contributed by atoms with Gasteiger partial charge in [-0.25, -0.2) is 22.2 Å². The fourth-order valence-corrected chi connectivity index (χ4v) is 2.70. The number of rotatable bonds is 3. The fraction of sp³-hybridized carbons (Fsp3) is 0. The third-order valence-electron chi connectivity index (χ3n) is 2.14. The van der Waals surface area contributed by atoms with Crippen molar-refractivity contribution in [1.29, 1.82) is 0 Å². The van der Waals surface area contributed by atoms with E-state index in [2.05, 4.69) is 4.98 Å². The SMILES string of the molecule is O=S(=O)(Nc1cccc(Cl)n1)c1c(F)cccc1F. The van der Waals surface area contributed by atoms with E-state index in [0.717, 1.165) is 18.2 Å². The predicted octanol–water partition coefficient (Wildman–Crippen LogP) is 2.81. The van der Waals surface area contributed by atoms with E-state index in [-0.39, 0.29) is 11.0 Å². The normalized spacial score (nSPS) is 11.3. The van der Waals surface area contributed by atoms with E-state index in [1.807, 2.05) is 4.72 Å². The molecule has 0 fully saturated rings. The minimum absolute atomic E-state index is 0.0502. The highest BCUT2D eigenvalue weighted by Crippen LogP contribution is 2.21. The number of nitrogens with zero attached hydrogens (tertiary/aromatic N) is 1. The molecular weight excluding hydrogens is 298 g/mol. The maximum atomic E-state index is 13.4. The van der Waals surface area contributed by atoms with Crippen molar-refractivity contribution in [3.05, 3.63) is 53.2 Å². The lowest BCUT2D eigenvalue weighted by Gasteiger charge is -2.08. The average Bonchev–Trinajstić information content (AvgIpc) is 2.27. The molecule has 1 N–H and O–H groups in total. The van der Waals surface area contributed by atoms with E-state index in [0.29, 0.717) is 0 Å². The van der Waals surface area contributed by atoms with Gasteiger partial charge in [0, 0.05) is 0 Å². The largest absolute Gasteiger partial charge is 0.268 e. The highest BCUT2D eigenvalue weighted by molar-refractivity contribution is 7.92. The summed E-state index contributed by atoms with van der Waals surface area (Å²) in [7, 11) is -4.41. The fourth-order valence-electron chi connectivity index (χ4n) is 1.39. The Balaban J connectivity index is 2.44. The number of hydrogen-bond donors (Lipinski definition) is 1. The second-order valence-corrected chi connectivity index (χ2v) is 5.51. The van der Waals surface area contributed by atoms with Crippen LogP contribution < -0.4 is 4.72 Å². The molecule has 19 heavy (non-hydrogen) atoms. The van der Waals surface area contributed by atoms with Gasteiger partial charge in [0.05, 0.1) is 0 Å². The molecule has 0 radical (unpaired) electrons. The van der Waals surface area contributed by atoms with Gasteiger partial charge in [-0.2, -0.15) is 0 Å². The molecule has 1 aromatic carbocycles. The lowest BCUT2D eigenvalue weighted by molar-refractivity contribution is 0.521. The summed E-state index contributed by atoms with van der Waals surface area (Å²) >= 11 is 5.59. The molecule has 1 aromatic heterocycles. The zero-order valence-electron chi connectivity index (χ0n) is 9.27. The van der Waals surface area contributed by atoms with E-state index in [4.69, 9.17) is 11.6 Å². The van der Waals surface area contributed by atoms with Crippen LogP contribution in [0, 0.1) is 11.6 Å². The molecule has 0 saturated heterocycles. The van der Waals surface area contributed by atoms with Crippen LogP contribution in [0.3, 0.4) is 0 Å². The number of nitrogens with one attached hydrogen (secondary N) is 1. The molecule has 1 heterocycles. The Kier molecular flexibility index (Phi) is 3.68.